The smallest absolute Gasteiger partial charge is 0.203 e. The Balaban J connectivity index is 1.18. The molecule has 33 heavy (non-hydrogen) atoms. The molecule has 6 nitrogen and oxygen atoms in total. The summed E-state index contributed by atoms with van der Waals surface area (Å²) >= 11 is 6.06. The average Bonchev–Trinajstić information content (AvgIpc) is 3.36. The largest absolute Gasteiger partial charge is 0.381 e. The molecule has 1 aliphatic rings. The molecule has 3 aromatic heterocycles. The van der Waals surface area contributed by atoms with Crippen molar-refractivity contribution in [1.29, 1.82) is 0 Å². The SMILES string of the molecule is Cn1c(NCc2ccc(-n3ccc4cc(Cl)cnc43)cc2)nc2ccc(CC3COC3)cc21. The fraction of sp³-hybridized carbons (Fsp3) is 0.231. The van der Waals surface area contributed by atoms with Crippen LogP contribution in [0.5, 0.6) is 0 Å². The van der Waals surface area contributed by atoms with Crippen LogP contribution >= 0.6 is 11.6 Å². The van der Waals surface area contributed by atoms with Crippen LogP contribution in [0, 0.1) is 5.92 Å². The molecule has 2 aromatic carbocycles. The molecule has 6 rings (SSSR count). The Labute approximate surface area is 196 Å². The third-order valence-electron chi connectivity index (χ3n) is 6.33. The van der Waals surface area contributed by atoms with E-state index in [1.165, 1.54) is 11.1 Å². The zero-order valence-corrected chi connectivity index (χ0v) is 19.1. The summed E-state index contributed by atoms with van der Waals surface area (Å²) in [5.41, 5.74) is 6.65. The van der Waals surface area contributed by atoms with Gasteiger partial charge in [-0.25, -0.2) is 9.97 Å². The van der Waals surface area contributed by atoms with E-state index in [9.17, 15) is 0 Å². The number of rotatable bonds is 6. The number of hydrogen-bond donors (Lipinski definition) is 1. The van der Waals surface area contributed by atoms with Gasteiger partial charge < -0.3 is 19.2 Å². The third-order valence-corrected chi connectivity index (χ3v) is 6.54. The molecule has 0 bridgehead atoms. The first kappa shape index (κ1) is 20.3. The van der Waals surface area contributed by atoms with Gasteiger partial charge in [0.05, 0.1) is 29.3 Å². The standard InChI is InChI=1S/C26H24ClN5O/c1-31-24-11-18(10-19-15-33-16-19)4-7-23(24)30-26(31)29-13-17-2-5-22(6-3-17)32-9-8-20-12-21(27)14-28-25(20)32/h2-9,11-12,14,19H,10,13,15-16H2,1H3,(H,29,30). The molecule has 1 aliphatic heterocycles. The second-order valence-electron chi connectivity index (χ2n) is 8.70. The number of nitrogens with zero attached hydrogens (tertiary/aromatic N) is 4. The molecule has 1 N–H and O–H groups in total. The van der Waals surface area contributed by atoms with Gasteiger partial charge in [0.1, 0.15) is 5.65 Å². The molecule has 1 fully saturated rings. The molecule has 0 radical (unpaired) electrons. The Morgan fingerprint density at radius 3 is 2.67 bits per heavy atom. The van der Waals surface area contributed by atoms with Crippen molar-refractivity contribution in [3.05, 3.63) is 83.1 Å². The molecule has 4 heterocycles. The van der Waals surface area contributed by atoms with Gasteiger partial charge in [-0.3, -0.25) is 0 Å². The molecule has 0 unspecified atom stereocenters. The molecule has 0 saturated carbocycles. The van der Waals surface area contributed by atoms with Crippen molar-refractivity contribution in [3.63, 3.8) is 0 Å². The molecule has 0 atom stereocenters. The van der Waals surface area contributed by atoms with Gasteiger partial charge in [0.2, 0.25) is 5.95 Å². The van der Waals surface area contributed by atoms with Crippen LogP contribution in [0.15, 0.2) is 67.0 Å². The summed E-state index contributed by atoms with van der Waals surface area (Å²) in [5.74, 6) is 1.52. The van der Waals surface area contributed by atoms with Crippen molar-refractivity contribution in [1.82, 2.24) is 19.1 Å². The highest BCUT2D eigenvalue weighted by atomic mass is 35.5. The highest BCUT2D eigenvalue weighted by molar-refractivity contribution is 6.31. The molecular weight excluding hydrogens is 434 g/mol. The van der Waals surface area contributed by atoms with Crippen molar-refractivity contribution in [2.75, 3.05) is 18.5 Å². The highest BCUT2D eigenvalue weighted by Crippen LogP contribution is 2.24. The topological polar surface area (TPSA) is 56.9 Å². The number of imidazole rings is 1. The third kappa shape index (κ3) is 3.86. The summed E-state index contributed by atoms with van der Waals surface area (Å²) in [4.78, 5) is 9.26. The Morgan fingerprint density at radius 1 is 1.06 bits per heavy atom. The number of halogens is 1. The molecule has 1 saturated heterocycles. The zero-order chi connectivity index (χ0) is 22.4. The number of aryl methyl sites for hydroxylation is 1. The number of pyridine rings is 1. The minimum Gasteiger partial charge on any atom is -0.381 e. The van der Waals surface area contributed by atoms with Crippen molar-refractivity contribution in [2.45, 2.75) is 13.0 Å². The van der Waals surface area contributed by atoms with E-state index in [4.69, 9.17) is 21.3 Å². The van der Waals surface area contributed by atoms with Crippen LogP contribution in [0.4, 0.5) is 5.95 Å². The number of benzene rings is 2. The van der Waals surface area contributed by atoms with Crippen LogP contribution in [-0.2, 0) is 24.8 Å². The molecule has 0 amide bonds. The molecule has 5 aromatic rings. The van der Waals surface area contributed by atoms with Gasteiger partial charge in [-0.1, -0.05) is 29.8 Å². The quantitative estimate of drug-likeness (QED) is 0.372. The maximum absolute atomic E-state index is 6.06. The van der Waals surface area contributed by atoms with Crippen molar-refractivity contribution >= 4 is 39.6 Å². The summed E-state index contributed by atoms with van der Waals surface area (Å²) in [6, 6.07) is 19.0. The predicted octanol–water partition coefficient (Wildman–Crippen LogP) is 5.37. The van der Waals surface area contributed by atoms with Gasteiger partial charge in [-0.05, 0) is 53.9 Å². The number of aromatic nitrogens is 4. The highest BCUT2D eigenvalue weighted by Gasteiger charge is 2.19. The van der Waals surface area contributed by atoms with Gasteiger partial charge in [0, 0.05) is 43.0 Å². The maximum Gasteiger partial charge on any atom is 0.203 e. The summed E-state index contributed by atoms with van der Waals surface area (Å²) in [6.45, 7) is 2.45. The Kier molecular flexibility index (Phi) is 5.04. The first-order valence-electron chi connectivity index (χ1n) is 11.1. The maximum atomic E-state index is 6.06. The lowest BCUT2D eigenvalue weighted by Crippen LogP contribution is -2.29. The van der Waals surface area contributed by atoms with E-state index in [-0.39, 0.29) is 0 Å². The van der Waals surface area contributed by atoms with E-state index in [0.29, 0.717) is 17.5 Å². The summed E-state index contributed by atoms with van der Waals surface area (Å²) in [6.07, 6.45) is 4.77. The van der Waals surface area contributed by atoms with Gasteiger partial charge in [0.15, 0.2) is 0 Å². The van der Waals surface area contributed by atoms with Crippen molar-refractivity contribution in [3.8, 4) is 5.69 Å². The number of fused-ring (bicyclic) bond motifs is 2. The monoisotopic (exact) mass is 457 g/mol. The second kappa shape index (κ2) is 8.21. The fourth-order valence-corrected chi connectivity index (χ4v) is 4.58. The second-order valence-corrected chi connectivity index (χ2v) is 9.13. The predicted molar refractivity (Wildman–Crippen MR) is 132 cm³/mol. The number of nitrogens with one attached hydrogen (secondary N) is 1. The normalized spacial score (nSPS) is 14.1. The van der Waals surface area contributed by atoms with Crippen LogP contribution in [0.25, 0.3) is 27.8 Å². The van der Waals surface area contributed by atoms with Gasteiger partial charge >= 0.3 is 0 Å². The van der Waals surface area contributed by atoms with E-state index < -0.39 is 0 Å². The first-order chi connectivity index (χ1) is 16.1. The summed E-state index contributed by atoms with van der Waals surface area (Å²) in [7, 11) is 2.06. The molecular formula is C26H24ClN5O. The van der Waals surface area contributed by atoms with Gasteiger partial charge in [0.25, 0.3) is 0 Å². The lowest BCUT2D eigenvalue weighted by Gasteiger charge is -2.25. The van der Waals surface area contributed by atoms with E-state index in [1.54, 1.807) is 6.20 Å². The molecule has 166 valence electrons. The van der Waals surface area contributed by atoms with Crippen molar-refractivity contribution < 1.29 is 4.74 Å². The summed E-state index contributed by atoms with van der Waals surface area (Å²) in [5, 5.41) is 5.16. The minimum atomic E-state index is 0.646. The number of anilines is 1. The Morgan fingerprint density at radius 2 is 1.88 bits per heavy atom. The van der Waals surface area contributed by atoms with Crippen LogP contribution in [0.3, 0.4) is 0 Å². The van der Waals surface area contributed by atoms with Gasteiger partial charge in [-0.2, -0.15) is 0 Å². The molecule has 0 aliphatic carbocycles. The van der Waals surface area contributed by atoms with E-state index in [1.807, 2.05) is 18.3 Å². The minimum absolute atomic E-state index is 0.646. The lowest BCUT2D eigenvalue weighted by molar-refractivity contribution is -0.0312. The fourth-order valence-electron chi connectivity index (χ4n) is 4.42. The van der Waals surface area contributed by atoms with E-state index in [2.05, 4.69) is 68.9 Å². The van der Waals surface area contributed by atoms with E-state index >= 15 is 0 Å². The average molecular weight is 458 g/mol. The first-order valence-corrected chi connectivity index (χ1v) is 11.5. The summed E-state index contributed by atoms with van der Waals surface area (Å²) < 4.78 is 9.51. The number of hydrogen-bond acceptors (Lipinski definition) is 4. The Hall–Kier alpha value is -3.35. The molecule has 0 spiro atoms. The molecule has 7 heteroatoms. The number of ether oxygens (including phenoxy) is 1. The van der Waals surface area contributed by atoms with E-state index in [0.717, 1.165) is 53.3 Å². The van der Waals surface area contributed by atoms with Crippen LogP contribution < -0.4 is 5.32 Å². The van der Waals surface area contributed by atoms with Gasteiger partial charge in [-0.15, -0.1) is 0 Å². The lowest BCUT2D eigenvalue weighted by atomic mass is 9.98. The van der Waals surface area contributed by atoms with Crippen LogP contribution in [0.2, 0.25) is 5.02 Å². The van der Waals surface area contributed by atoms with Crippen molar-refractivity contribution in [2.24, 2.45) is 13.0 Å². The van der Waals surface area contributed by atoms with Crippen LogP contribution in [-0.4, -0.2) is 32.3 Å². The van der Waals surface area contributed by atoms with Crippen LogP contribution in [0.1, 0.15) is 11.1 Å². The Bertz CT molecular complexity index is 1450. The zero-order valence-electron chi connectivity index (χ0n) is 18.3.